The zero-order valence-corrected chi connectivity index (χ0v) is 9.44. The summed E-state index contributed by atoms with van der Waals surface area (Å²) in [7, 11) is 1.67. The van der Waals surface area contributed by atoms with Gasteiger partial charge in [-0.3, -0.25) is 0 Å². The van der Waals surface area contributed by atoms with Gasteiger partial charge in [0.1, 0.15) is 0 Å². The fraction of sp³-hybridized carbons (Fsp3) is 0.357. The molecular formula is C14H15NO. The predicted octanol–water partition coefficient (Wildman–Crippen LogP) is 3.20. The summed E-state index contributed by atoms with van der Waals surface area (Å²) in [5.41, 5.74) is 1.43. The fourth-order valence-corrected chi connectivity index (χ4v) is 2.14. The molecule has 0 saturated heterocycles. The Morgan fingerprint density at radius 1 is 1.31 bits per heavy atom. The first-order valence-electron chi connectivity index (χ1n) is 5.78. The molecule has 1 aromatic heterocycles. The first-order valence-corrected chi connectivity index (χ1v) is 5.78. The second-order valence-electron chi connectivity index (χ2n) is 4.52. The van der Waals surface area contributed by atoms with Gasteiger partial charge in [-0.25, -0.2) is 4.98 Å². The highest BCUT2D eigenvalue weighted by Crippen LogP contribution is 2.33. The fourth-order valence-electron chi connectivity index (χ4n) is 2.14. The monoisotopic (exact) mass is 213 g/mol. The molecule has 0 radical (unpaired) electrons. The molecule has 82 valence electrons. The summed E-state index contributed by atoms with van der Waals surface area (Å²) >= 11 is 0. The average molecular weight is 213 g/mol. The largest absolute Gasteiger partial charge is 0.481 e. The number of hydrogen-bond donors (Lipinski definition) is 0. The quantitative estimate of drug-likeness (QED) is 0.781. The Kier molecular flexibility index (Phi) is 2.28. The van der Waals surface area contributed by atoms with Crippen LogP contribution in [0.25, 0.3) is 10.8 Å². The van der Waals surface area contributed by atoms with Gasteiger partial charge in [0.05, 0.1) is 7.11 Å². The number of ether oxygens (including phenoxy) is 1. The lowest BCUT2D eigenvalue weighted by Gasteiger charge is -2.06. The minimum atomic E-state index is 0.718. The second kappa shape index (κ2) is 3.78. The number of aromatic nitrogens is 1. The van der Waals surface area contributed by atoms with Crippen LogP contribution in [0.2, 0.25) is 0 Å². The van der Waals surface area contributed by atoms with Crippen molar-refractivity contribution < 1.29 is 4.74 Å². The van der Waals surface area contributed by atoms with E-state index in [2.05, 4.69) is 23.2 Å². The molecule has 0 bridgehead atoms. The number of pyridine rings is 1. The van der Waals surface area contributed by atoms with E-state index in [9.17, 15) is 0 Å². The minimum Gasteiger partial charge on any atom is -0.481 e. The summed E-state index contributed by atoms with van der Waals surface area (Å²) in [5.74, 6) is 1.65. The standard InChI is InChI=1S/C14H15NO/c1-16-14-13-5-4-11(8-10-2-3-10)9-12(13)6-7-15-14/h4-7,9-10H,2-3,8H2,1H3. The lowest BCUT2D eigenvalue weighted by molar-refractivity contribution is 0.403. The van der Waals surface area contributed by atoms with E-state index >= 15 is 0 Å². The van der Waals surface area contributed by atoms with E-state index in [4.69, 9.17) is 4.74 Å². The molecule has 0 aliphatic heterocycles. The summed E-state index contributed by atoms with van der Waals surface area (Å²) < 4.78 is 5.25. The van der Waals surface area contributed by atoms with Crippen molar-refractivity contribution in [1.29, 1.82) is 0 Å². The summed E-state index contributed by atoms with van der Waals surface area (Å²) in [6, 6.07) is 8.63. The highest BCUT2D eigenvalue weighted by molar-refractivity contribution is 5.87. The van der Waals surface area contributed by atoms with Crippen molar-refractivity contribution in [2.75, 3.05) is 7.11 Å². The first kappa shape index (κ1) is 9.64. The van der Waals surface area contributed by atoms with Crippen molar-refractivity contribution in [3.8, 4) is 5.88 Å². The van der Waals surface area contributed by atoms with Gasteiger partial charge in [0.2, 0.25) is 5.88 Å². The number of rotatable bonds is 3. The van der Waals surface area contributed by atoms with Gasteiger partial charge in [-0.2, -0.15) is 0 Å². The van der Waals surface area contributed by atoms with Gasteiger partial charge in [0, 0.05) is 11.6 Å². The molecule has 1 saturated carbocycles. The smallest absolute Gasteiger partial charge is 0.221 e. The third-order valence-electron chi connectivity index (χ3n) is 3.21. The summed E-state index contributed by atoms with van der Waals surface area (Å²) in [6.45, 7) is 0. The molecule has 2 nitrogen and oxygen atoms in total. The van der Waals surface area contributed by atoms with E-state index < -0.39 is 0 Å². The van der Waals surface area contributed by atoms with Crippen LogP contribution >= 0.6 is 0 Å². The molecule has 16 heavy (non-hydrogen) atoms. The molecule has 1 aromatic carbocycles. The van der Waals surface area contributed by atoms with E-state index in [-0.39, 0.29) is 0 Å². The molecule has 0 atom stereocenters. The van der Waals surface area contributed by atoms with Crippen molar-refractivity contribution in [3.05, 3.63) is 36.0 Å². The van der Waals surface area contributed by atoms with Crippen LogP contribution in [0.15, 0.2) is 30.5 Å². The highest BCUT2D eigenvalue weighted by atomic mass is 16.5. The molecule has 3 rings (SSSR count). The zero-order valence-electron chi connectivity index (χ0n) is 9.44. The van der Waals surface area contributed by atoms with Gasteiger partial charge in [-0.1, -0.05) is 12.1 Å². The number of benzene rings is 1. The number of nitrogens with zero attached hydrogens (tertiary/aromatic N) is 1. The third-order valence-corrected chi connectivity index (χ3v) is 3.21. The van der Waals surface area contributed by atoms with Crippen molar-refractivity contribution in [2.24, 2.45) is 5.92 Å². The number of methoxy groups -OCH3 is 1. The SMILES string of the molecule is COc1nccc2cc(CC3CC3)ccc12. The summed E-state index contributed by atoms with van der Waals surface area (Å²) in [5, 5.41) is 2.33. The van der Waals surface area contributed by atoms with Crippen LogP contribution in [0.1, 0.15) is 18.4 Å². The van der Waals surface area contributed by atoms with Gasteiger partial charge in [-0.15, -0.1) is 0 Å². The summed E-state index contributed by atoms with van der Waals surface area (Å²) in [6.07, 6.45) is 5.83. The van der Waals surface area contributed by atoms with Crippen LogP contribution in [0, 0.1) is 5.92 Å². The van der Waals surface area contributed by atoms with Gasteiger partial charge in [-0.05, 0) is 48.3 Å². The maximum absolute atomic E-state index is 5.25. The molecule has 2 aromatic rings. The topological polar surface area (TPSA) is 22.1 Å². The van der Waals surface area contributed by atoms with Crippen LogP contribution < -0.4 is 4.74 Å². The van der Waals surface area contributed by atoms with Crippen molar-refractivity contribution in [3.63, 3.8) is 0 Å². The van der Waals surface area contributed by atoms with Gasteiger partial charge in [0.15, 0.2) is 0 Å². The van der Waals surface area contributed by atoms with Crippen LogP contribution in [0.4, 0.5) is 0 Å². The van der Waals surface area contributed by atoms with Crippen LogP contribution in [0.5, 0.6) is 5.88 Å². The molecular weight excluding hydrogens is 198 g/mol. The van der Waals surface area contributed by atoms with Crippen LogP contribution in [-0.4, -0.2) is 12.1 Å². The van der Waals surface area contributed by atoms with Crippen LogP contribution in [0.3, 0.4) is 0 Å². The average Bonchev–Trinajstić information content (AvgIpc) is 3.12. The summed E-state index contributed by atoms with van der Waals surface area (Å²) in [4.78, 5) is 4.21. The molecule has 1 fully saturated rings. The van der Waals surface area contributed by atoms with E-state index in [1.165, 1.54) is 30.2 Å². The van der Waals surface area contributed by atoms with E-state index in [1.54, 1.807) is 7.11 Å². The molecule has 1 heterocycles. The maximum Gasteiger partial charge on any atom is 0.221 e. The molecule has 1 aliphatic rings. The lowest BCUT2D eigenvalue weighted by Crippen LogP contribution is -1.91. The molecule has 2 heteroatoms. The minimum absolute atomic E-state index is 0.718. The first-order chi connectivity index (χ1) is 7.86. The molecule has 1 aliphatic carbocycles. The Hall–Kier alpha value is -1.57. The van der Waals surface area contributed by atoms with Crippen LogP contribution in [-0.2, 0) is 6.42 Å². The van der Waals surface area contributed by atoms with Gasteiger partial charge < -0.3 is 4.74 Å². The Balaban J connectivity index is 2.03. The number of fused-ring (bicyclic) bond motifs is 1. The van der Waals surface area contributed by atoms with E-state index in [0.717, 1.165) is 17.2 Å². The Morgan fingerprint density at radius 3 is 2.94 bits per heavy atom. The lowest BCUT2D eigenvalue weighted by atomic mass is 10.0. The Bertz CT molecular complexity index is 517. The van der Waals surface area contributed by atoms with E-state index in [1.807, 2.05) is 12.3 Å². The predicted molar refractivity (Wildman–Crippen MR) is 64.7 cm³/mol. The van der Waals surface area contributed by atoms with Gasteiger partial charge in [0.25, 0.3) is 0 Å². The van der Waals surface area contributed by atoms with Gasteiger partial charge >= 0.3 is 0 Å². The third kappa shape index (κ3) is 1.75. The van der Waals surface area contributed by atoms with Crippen molar-refractivity contribution >= 4 is 10.8 Å². The maximum atomic E-state index is 5.25. The normalized spacial score (nSPS) is 15.3. The molecule has 0 unspecified atom stereocenters. The van der Waals surface area contributed by atoms with Crippen molar-refractivity contribution in [2.45, 2.75) is 19.3 Å². The molecule has 0 amide bonds. The van der Waals surface area contributed by atoms with E-state index in [0.29, 0.717) is 0 Å². The molecule has 0 spiro atoms. The highest BCUT2D eigenvalue weighted by Gasteiger charge is 2.21. The Morgan fingerprint density at radius 2 is 2.19 bits per heavy atom. The second-order valence-corrected chi connectivity index (χ2v) is 4.52. The molecule has 0 N–H and O–H groups in total. The Labute approximate surface area is 95.3 Å². The number of hydrogen-bond acceptors (Lipinski definition) is 2. The zero-order chi connectivity index (χ0) is 11.0. The van der Waals surface area contributed by atoms with Crippen molar-refractivity contribution in [1.82, 2.24) is 4.98 Å².